The molecule has 2 rings (SSSR count). The second-order valence-electron chi connectivity index (χ2n) is 3.62. The molecule has 0 aliphatic carbocycles. The van der Waals surface area contributed by atoms with Gasteiger partial charge in [0.2, 0.25) is 0 Å². The first kappa shape index (κ1) is 13.5. The molecule has 96 valence electrons. The van der Waals surface area contributed by atoms with E-state index in [1.54, 1.807) is 35.7 Å². The van der Waals surface area contributed by atoms with Crippen molar-refractivity contribution in [2.75, 3.05) is 20.3 Å². The molecule has 0 saturated heterocycles. The zero-order valence-electron chi connectivity index (χ0n) is 10.1. The van der Waals surface area contributed by atoms with Crippen molar-refractivity contribution >= 4 is 23.1 Å². The number of benzene rings is 1. The Hall–Kier alpha value is -0.950. The Balaban J connectivity index is 1.82. The second kappa shape index (κ2) is 7.48. The molecule has 0 radical (unpaired) electrons. The van der Waals surface area contributed by atoms with Crippen LogP contribution in [-0.2, 0) is 11.3 Å². The molecule has 1 N–H and O–H groups in total. The first-order valence-electron chi connectivity index (χ1n) is 5.61. The van der Waals surface area contributed by atoms with Crippen LogP contribution >= 0.6 is 23.1 Å². The molecule has 0 bridgehead atoms. The lowest BCUT2D eigenvalue weighted by atomic mass is 10.2. The van der Waals surface area contributed by atoms with E-state index in [0.29, 0.717) is 0 Å². The molecule has 1 aromatic carbocycles. The molecule has 0 aliphatic rings. The van der Waals surface area contributed by atoms with Gasteiger partial charge in [-0.2, -0.15) is 0 Å². The van der Waals surface area contributed by atoms with Crippen LogP contribution in [-0.4, -0.2) is 30.5 Å². The van der Waals surface area contributed by atoms with E-state index in [9.17, 15) is 0 Å². The monoisotopic (exact) mass is 281 g/mol. The van der Waals surface area contributed by atoms with Crippen molar-refractivity contribution < 1.29 is 4.74 Å². The third kappa shape index (κ3) is 4.38. The van der Waals surface area contributed by atoms with E-state index in [0.717, 1.165) is 24.0 Å². The zero-order chi connectivity index (χ0) is 12.6. The zero-order valence-corrected chi connectivity index (χ0v) is 11.8. The second-order valence-corrected chi connectivity index (χ2v) is 5.77. The number of nitrogens with zero attached hydrogens (tertiary/aromatic N) is 2. The number of hydrogen-bond donors (Lipinski definition) is 1. The molecule has 0 amide bonds. The summed E-state index contributed by atoms with van der Waals surface area (Å²) in [6.07, 6.45) is 0. The summed E-state index contributed by atoms with van der Waals surface area (Å²) in [5, 5.41) is 11.1. The minimum absolute atomic E-state index is 0.741. The number of nitrogens with one attached hydrogen (secondary N) is 1. The van der Waals surface area contributed by atoms with Crippen LogP contribution in [0.3, 0.4) is 0 Å². The van der Waals surface area contributed by atoms with Gasteiger partial charge in [-0.25, -0.2) is 0 Å². The molecule has 18 heavy (non-hydrogen) atoms. The van der Waals surface area contributed by atoms with Crippen LogP contribution in [0.1, 0.15) is 5.56 Å². The highest BCUT2D eigenvalue weighted by molar-refractivity contribution is 8.01. The summed E-state index contributed by atoms with van der Waals surface area (Å²) in [6.45, 7) is 2.48. The fraction of sp³-hybridized carbons (Fsp3) is 0.333. The lowest BCUT2D eigenvalue weighted by Crippen LogP contribution is -2.18. The minimum atomic E-state index is 0.741. The van der Waals surface area contributed by atoms with Crippen molar-refractivity contribution in [3.8, 4) is 0 Å². The molecule has 0 unspecified atom stereocenters. The van der Waals surface area contributed by atoms with E-state index in [1.807, 2.05) is 0 Å². The molecule has 0 fully saturated rings. The molecule has 6 heteroatoms. The van der Waals surface area contributed by atoms with Crippen LogP contribution < -0.4 is 5.32 Å². The van der Waals surface area contributed by atoms with Gasteiger partial charge in [-0.3, -0.25) is 0 Å². The molecular weight excluding hydrogens is 266 g/mol. The standard InChI is InChI=1S/C12H15N3OS2/c1-16-7-6-13-8-10-2-4-11(5-3-10)18-12-15-14-9-17-12/h2-5,9,13H,6-8H2,1H3. The maximum Gasteiger partial charge on any atom is 0.178 e. The first-order chi connectivity index (χ1) is 8.88. The Morgan fingerprint density at radius 1 is 1.33 bits per heavy atom. The predicted molar refractivity (Wildman–Crippen MR) is 74.1 cm³/mol. The Kier molecular flexibility index (Phi) is 5.60. The fourth-order valence-corrected chi connectivity index (χ4v) is 2.84. The van der Waals surface area contributed by atoms with Crippen LogP contribution in [0.4, 0.5) is 0 Å². The van der Waals surface area contributed by atoms with E-state index < -0.39 is 0 Å². The third-order valence-electron chi connectivity index (χ3n) is 2.28. The van der Waals surface area contributed by atoms with Crippen LogP contribution in [0, 0.1) is 0 Å². The summed E-state index contributed by atoms with van der Waals surface area (Å²) >= 11 is 3.20. The third-order valence-corrected chi connectivity index (χ3v) is 4.07. The van der Waals surface area contributed by atoms with Gasteiger partial charge in [0.1, 0.15) is 5.51 Å². The maximum absolute atomic E-state index is 4.98. The summed E-state index contributed by atoms with van der Waals surface area (Å²) in [7, 11) is 1.71. The molecule has 0 spiro atoms. The van der Waals surface area contributed by atoms with Crippen LogP contribution in [0.5, 0.6) is 0 Å². The smallest absolute Gasteiger partial charge is 0.178 e. The molecule has 2 aromatic rings. The van der Waals surface area contributed by atoms with E-state index >= 15 is 0 Å². The summed E-state index contributed by atoms with van der Waals surface area (Å²) in [5.41, 5.74) is 3.02. The Morgan fingerprint density at radius 3 is 2.83 bits per heavy atom. The van der Waals surface area contributed by atoms with Crippen molar-refractivity contribution in [1.29, 1.82) is 0 Å². The van der Waals surface area contributed by atoms with Gasteiger partial charge in [0.25, 0.3) is 0 Å². The Labute approximate surface area is 115 Å². The van der Waals surface area contributed by atoms with Crippen LogP contribution in [0.25, 0.3) is 0 Å². The highest BCUT2D eigenvalue weighted by atomic mass is 32.2. The molecule has 0 atom stereocenters. The summed E-state index contributed by atoms with van der Waals surface area (Å²) in [6, 6.07) is 8.48. The highest BCUT2D eigenvalue weighted by Gasteiger charge is 2.00. The SMILES string of the molecule is COCCNCc1ccc(Sc2nncs2)cc1. The van der Waals surface area contributed by atoms with Gasteiger partial charge in [0, 0.05) is 25.1 Å². The van der Waals surface area contributed by atoms with E-state index in [4.69, 9.17) is 4.74 Å². The number of ether oxygens (including phenoxy) is 1. The predicted octanol–water partition coefficient (Wildman–Crippen LogP) is 2.43. The van der Waals surface area contributed by atoms with Gasteiger partial charge in [-0.15, -0.1) is 10.2 Å². The molecule has 4 nitrogen and oxygen atoms in total. The van der Waals surface area contributed by atoms with Gasteiger partial charge in [0.05, 0.1) is 6.61 Å². The molecular formula is C12H15N3OS2. The number of aromatic nitrogens is 2. The normalized spacial score (nSPS) is 10.7. The number of rotatable bonds is 7. The summed E-state index contributed by atoms with van der Waals surface area (Å²) in [4.78, 5) is 1.19. The van der Waals surface area contributed by atoms with Crippen LogP contribution in [0.15, 0.2) is 39.0 Å². The molecule has 1 aromatic heterocycles. The van der Waals surface area contributed by atoms with E-state index in [-0.39, 0.29) is 0 Å². The minimum Gasteiger partial charge on any atom is -0.383 e. The average molecular weight is 281 g/mol. The highest BCUT2D eigenvalue weighted by Crippen LogP contribution is 2.28. The van der Waals surface area contributed by atoms with E-state index in [1.165, 1.54) is 10.5 Å². The topological polar surface area (TPSA) is 47.0 Å². The number of hydrogen-bond acceptors (Lipinski definition) is 6. The molecule has 0 saturated carbocycles. The van der Waals surface area contributed by atoms with Crippen molar-refractivity contribution in [2.45, 2.75) is 15.8 Å². The van der Waals surface area contributed by atoms with Gasteiger partial charge >= 0.3 is 0 Å². The average Bonchev–Trinajstić information content (AvgIpc) is 2.89. The first-order valence-corrected chi connectivity index (χ1v) is 7.30. The van der Waals surface area contributed by atoms with Gasteiger partial charge in [0.15, 0.2) is 4.34 Å². The Bertz CT molecular complexity index is 445. The number of methoxy groups -OCH3 is 1. The van der Waals surface area contributed by atoms with Gasteiger partial charge in [-0.05, 0) is 17.7 Å². The van der Waals surface area contributed by atoms with Gasteiger partial charge in [-0.1, -0.05) is 35.2 Å². The maximum atomic E-state index is 4.98. The van der Waals surface area contributed by atoms with Crippen LogP contribution in [0.2, 0.25) is 0 Å². The molecule has 0 aliphatic heterocycles. The Morgan fingerprint density at radius 2 is 2.17 bits per heavy atom. The van der Waals surface area contributed by atoms with Crippen molar-refractivity contribution in [1.82, 2.24) is 15.5 Å². The van der Waals surface area contributed by atoms with Crippen molar-refractivity contribution in [2.24, 2.45) is 0 Å². The van der Waals surface area contributed by atoms with Crippen molar-refractivity contribution in [3.63, 3.8) is 0 Å². The lowest BCUT2D eigenvalue weighted by Gasteiger charge is -2.05. The fourth-order valence-electron chi connectivity index (χ4n) is 1.39. The largest absolute Gasteiger partial charge is 0.383 e. The summed E-state index contributed by atoms with van der Waals surface area (Å²) in [5.74, 6) is 0. The lowest BCUT2D eigenvalue weighted by molar-refractivity contribution is 0.199. The van der Waals surface area contributed by atoms with Gasteiger partial charge < -0.3 is 10.1 Å². The quantitative estimate of drug-likeness (QED) is 0.790. The molecule has 1 heterocycles. The summed E-state index contributed by atoms with van der Waals surface area (Å²) < 4.78 is 5.95. The van der Waals surface area contributed by atoms with Crippen molar-refractivity contribution in [3.05, 3.63) is 35.3 Å². The van der Waals surface area contributed by atoms with E-state index in [2.05, 4.69) is 39.8 Å².